The Morgan fingerprint density at radius 2 is 2.00 bits per heavy atom. The summed E-state index contributed by atoms with van der Waals surface area (Å²) in [7, 11) is 1.61. The van der Waals surface area contributed by atoms with Crippen LogP contribution in [0.25, 0.3) is 0 Å². The molecule has 0 atom stereocenters. The number of carbonyl (C=O) groups is 1. The van der Waals surface area contributed by atoms with Crippen molar-refractivity contribution in [3.63, 3.8) is 0 Å². The van der Waals surface area contributed by atoms with Crippen LogP contribution in [0.3, 0.4) is 0 Å². The van der Waals surface area contributed by atoms with E-state index in [-0.39, 0.29) is 16.9 Å². The zero-order valence-corrected chi connectivity index (χ0v) is 10.7. The van der Waals surface area contributed by atoms with Crippen LogP contribution in [0.4, 0.5) is 5.69 Å². The van der Waals surface area contributed by atoms with Gasteiger partial charge in [0.25, 0.3) is 11.5 Å². The molecule has 1 amide bonds. The highest BCUT2D eigenvalue weighted by molar-refractivity contribution is 6.04. The number of benzene rings is 1. The lowest BCUT2D eigenvalue weighted by Gasteiger charge is -2.08. The van der Waals surface area contributed by atoms with E-state index in [4.69, 9.17) is 0 Å². The molecule has 1 heterocycles. The molecular formula is C14H14N2O3. The maximum atomic E-state index is 12.0. The van der Waals surface area contributed by atoms with Crippen molar-refractivity contribution in [1.29, 1.82) is 0 Å². The summed E-state index contributed by atoms with van der Waals surface area (Å²) < 4.78 is 1.38. The molecule has 0 aliphatic rings. The van der Waals surface area contributed by atoms with Crippen LogP contribution < -0.4 is 10.9 Å². The number of aromatic nitrogens is 1. The first kappa shape index (κ1) is 12.9. The van der Waals surface area contributed by atoms with Crippen LogP contribution in [0, 0.1) is 6.92 Å². The van der Waals surface area contributed by atoms with E-state index in [0.29, 0.717) is 5.69 Å². The topological polar surface area (TPSA) is 71.3 Å². The van der Waals surface area contributed by atoms with E-state index >= 15 is 0 Å². The van der Waals surface area contributed by atoms with Crippen molar-refractivity contribution < 1.29 is 9.90 Å². The van der Waals surface area contributed by atoms with Gasteiger partial charge in [-0.25, -0.2) is 0 Å². The number of phenols is 1. The monoisotopic (exact) mass is 258 g/mol. The van der Waals surface area contributed by atoms with Crippen LogP contribution in [-0.2, 0) is 7.05 Å². The molecule has 0 saturated heterocycles. The summed E-state index contributed by atoms with van der Waals surface area (Å²) in [6, 6.07) is 7.71. The number of nitrogens with one attached hydrogen (secondary N) is 1. The van der Waals surface area contributed by atoms with Crippen LogP contribution in [0.2, 0.25) is 0 Å². The second-order valence-electron chi connectivity index (χ2n) is 4.34. The number of carbonyl (C=O) groups excluding carboxylic acids is 1. The molecule has 0 unspecified atom stereocenters. The summed E-state index contributed by atoms with van der Waals surface area (Å²) in [5, 5.41) is 12.2. The zero-order valence-electron chi connectivity index (χ0n) is 10.7. The number of pyridine rings is 1. The Kier molecular flexibility index (Phi) is 3.37. The molecule has 2 N–H and O–H groups in total. The predicted molar refractivity (Wildman–Crippen MR) is 72.5 cm³/mol. The molecule has 2 aromatic rings. The molecule has 19 heavy (non-hydrogen) atoms. The van der Waals surface area contributed by atoms with E-state index in [1.807, 2.05) is 6.92 Å². The molecule has 5 nitrogen and oxygen atoms in total. The van der Waals surface area contributed by atoms with E-state index in [1.54, 1.807) is 25.2 Å². The summed E-state index contributed by atoms with van der Waals surface area (Å²) in [5.41, 5.74) is 1.23. The molecule has 0 aliphatic carbocycles. The van der Waals surface area contributed by atoms with Gasteiger partial charge in [0, 0.05) is 24.9 Å². The number of aromatic hydroxyl groups is 1. The average molecular weight is 258 g/mol. The van der Waals surface area contributed by atoms with Gasteiger partial charge in [0.2, 0.25) is 0 Å². The fourth-order valence-electron chi connectivity index (χ4n) is 1.63. The third kappa shape index (κ3) is 2.82. The van der Waals surface area contributed by atoms with E-state index in [0.717, 1.165) is 5.56 Å². The van der Waals surface area contributed by atoms with Gasteiger partial charge < -0.3 is 15.0 Å². The fourth-order valence-corrected chi connectivity index (χ4v) is 1.63. The first-order valence-corrected chi connectivity index (χ1v) is 5.75. The molecule has 1 aromatic heterocycles. The molecule has 98 valence electrons. The van der Waals surface area contributed by atoms with Gasteiger partial charge in [0.15, 0.2) is 0 Å². The number of hydrogen-bond acceptors (Lipinski definition) is 3. The fraction of sp³-hybridized carbons (Fsp3) is 0.143. The second kappa shape index (κ2) is 4.97. The Morgan fingerprint density at radius 3 is 2.68 bits per heavy atom. The summed E-state index contributed by atoms with van der Waals surface area (Å²) in [4.78, 5) is 23.4. The number of rotatable bonds is 2. The second-order valence-corrected chi connectivity index (χ2v) is 4.34. The third-order valence-corrected chi connectivity index (χ3v) is 2.77. The van der Waals surface area contributed by atoms with Crippen LogP contribution in [0.5, 0.6) is 5.75 Å². The maximum Gasteiger partial charge on any atom is 0.256 e. The van der Waals surface area contributed by atoms with Crippen LogP contribution in [-0.4, -0.2) is 15.6 Å². The van der Waals surface area contributed by atoms with Crippen molar-refractivity contribution >= 4 is 11.6 Å². The Labute approximate surface area is 110 Å². The van der Waals surface area contributed by atoms with E-state index in [1.165, 1.54) is 22.9 Å². The Balaban J connectivity index is 2.28. The van der Waals surface area contributed by atoms with Crippen molar-refractivity contribution in [2.75, 3.05) is 5.32 Å². The smallest absolute Gasteiger partial charge is 0.256 e. The highest BCUT2D eigenvalue weighted by Gasteiger charge is 2.10. The van der Waals surface area contributed by atoms with E-state index < -0.39 is 5.91 Å². The lowest BCUT2D eigenvalue weighted by Crippen LogP contribution is -2.20. The predicted octanol–water partition coefficient (Wildman–Crippen LogP) is 1.65. The molecule has 0 spiro atoms. The molecule has 1 aromatic carbocycles. The minimum atomic E-state index is -0.432. The van der Waals surface area contributed by atoms with Crippen LogP contribution in [0.15, 0.2) is 41.3 Å². The molecule has 0 bridgehead atoms. The minimum Gasteiger partial charge on any atom is -0.506 e. The molecule has 0 radical (unpaired) electrons. The quantitative estimate of drug-likeness (QED) is 0.805. The number of nitrogens with zero attached hydrogens (tertiary/aromatic N) is 1. The number of hydrogen-bond donors (Lipinski definition) is 2. The van der Waals surface area contributed by atoms with Crippen molar-refractivity contribution in [2.24, 2.45) is 7.05 Å². The van der Waals surface area contributed by atoms with Gasteiger partial charge in [-0.05, 0) is 30.7 Å². The number of amides is 1. The summed E-state index contributed by atoms with van der Waals surface area (Å²) in [6.45, 7) is 1.85. The number of phenolic OH excluding ortho intramolecular Hbond substituents is 1. The molecular weight excluding hydrogens is 244 g/mol. The minimum absolute atomic E-state index is 0.0113. The third-order valence-electron chi connectivity index (χ3n) is 2.77. The lowest BCUT2D eigenvalue weighted by atomic mass is 10.2. The lowest BCUT2D eigenvalue weighted by molar-refractivity contribution is 0.102. The number of aryl methyl sites for hydroxylation is 2. The molecule has 0 saturated carbocycles. The number of anilines is 1. The van der Waals surface area contributed by atoms with Gasteiger partial charge in [-0.2, -0.15) is 0 Å². The van der Waals surface area contributed by atoms with Gasteiger partial charge in [0.05, 0.1) is 5.69 Å². The normalized spacial score (nSPS) is 10.2. The Hall–Kier alpha value is -2.56. The van der Waals surface area contributed by atoms with E-state index in [2.05, 4.69) is 5.32 Å². The first-order chi connectivity index (χ1) is 8.97. The van der Waals surface area contributed by atoms with Gasteiger partial charge in [0.1, 0.15) is 5.75 Å². The molecule has 2 rings (SSSR count). The standard InChI is InChI=1S/C14H14N2O3/c1-9-3-4-12(17)11(7-9)15-14(19)10-5-6-16(2)13(18)8-10/h3-8,17H,1-2H3,(H,15,19). The van der Waals surface area contributed by atoms with Crippen molar-refractivity contribution in [1.82, 2.24) is 4.57 Å². The van der Waals surface area contributed by atoms with Crippen LogP contribution >= 0.6 is 0 Å². The first-order valence-electron chi connectivity index (χ1n) is 5.75. The summed E-state index contributed by atoms with van der Waals surface area (Å²) in [5.74, 6) is -0.443. The summed E-state index contributed by atoms with van der Waals surface area (Å²) in [6.07, 6.45) is 1.52. The molecule has 0 fully saturated rings. The van der Waals surface area contributed by atoms with Gasteiger partial charge in [-0.3, -0.25) is 9.59 Å². The van der Waals surface area contributed by atoms with Crippen molar-refractivity contribution in [2.45, 2.75) is 6.92 Å². The highest BCUT2D eigenvalue weighted by Crippen LogP contribution is 2.24. The van der Waals surface area contributed by atoms with E-state index in [9.17, 15) is 14.7 Å². The SMILES string of the molecule is Cc1ccc(O)c(NC(=O)c2ccn(C)c(=O)c2)c1. The van der Waals surface area contributed by atoms with Gasteiger partial charge in [-0.1, -0.05) is 6.07 Å². The van der Waals surface area contributed by atoms with Crippen LogP contribution in [0.1, 0.15) is 15.9 Å². The Bertz CT molecular complexity index is 689. The van der Waals surface area contributed by atoms with Crippen molar-refractivity contribution in [3.8, 4) is 5.75 Å². The summed E-state index contributed by atoms with van der Waals surface area (Å²) >= 11 is 0. The van der Waals surface area contributed by atoms with Gasteiger partial charge in [-0.15, -0.1) is 0 Å². The highest BCUT2D eigenvalue weighted by atomic mass is 16.3. The average Bonchev–Trinajstić information content (AvgIpc) is 2.37. The van der Waals surface area contributed by atoms with Crippen molar-refractivity contribution in [3.05, 3.63) is 58.0 Å². The molecule has 0 aliphatic heterocycles. The largest absolute Gasteiger partial charge is 0.506 e. The zero-order chi connectivity index (χ0) is 14.0. The van der Waals surface area contributed by atoms with Gasteiger partial charge >= 0.3 is 0 Å². The molecule has 5 heteroatoms. The Morgan fingerprint density at radius 1 is 1.26 bits per heavy atom. The maximum absolute atomic E-state index is 12.0.